The summed E-state index contributed by atoms with van der Waals surface area (Å²) in [7, 11) is 1.41. The fourth-order valence-corrected chi connectivity index (χ4v) is 4.38. The topological polar surface area (TPSA) is 106 Å². The minimum absolute atomic E-state index is 0.0599. The van der Waals surface area contributed by atoms with E-state index in [0.717, 1.165) is 5.56 Å². The number of hydrogen-bond donors (Lipinski definition) is 2. The molecule has 0 aromatic heterocycles. The minimum atomic E-state index is -0.905. The van der Waals surface area contributed by atoms with Gasteiger partial charge in [0.15, 0.2) is 23.0 Å². The average Bonchev–Trinajstić information content (AvgIpc) is 3.14. The van der Waals surface area contributed by atoms with Crippen molar-refractivity contribution in [3.63, 3.8) is 0 Å². The van der Waals surface area contributed by atoms with Gasteiger partial charge in [-0.2, -0.15) is 0 Å². The highest BCUT2D eigenvalue weighted by molar-refractivity contribution is 6.46. The van der Waals surface area contributed by atoms with Gasteiger partial charge in [-0.15, -0.1) is 0 Å². The molecule has 178 valence electrons. The van der Waals surface area contributed by atoms with E-state index in [1.807, 2.05) is 30.3 Å². The summed E-state index contributed by atoms with van der Waals surface area (Å²) in [5.74, 6) is -0.766. The van der Waals surface area contributed by atoms with Gasteiger partial charge in [0.05, 0.1) is 18.7 Å². The third kappa shape index (κ3) is 4.03. The van der Waals surface area contributed by atoms with Gasteiger partial charge < -0.3 is 29.3 Å². The number of fused-ring (bicyclic) bond motifs is 1. The number of amides is 1. The van der Waals surface area contributed by atoms with Crippen LogP contribution in [0.25, 0.3) is 5.76 Å². The second kappa shape index (κ2) is 9.06. The molecule has 1 atom stereocenters. The van der Waals surface area contributed by atoms with Gasteiger partial charge in [-0.25, -0.2) is 0 Å². The van der Waals surface area contributed by atoms with E-state index < -0.39 is 17.7 Å². The van der Waals surface area contributed by atoms with E-state index in [4.69, 9.17) is 14.2 Å². The van der Waals surface area contributed by atoms with E-state index in [1.54, 1.807) is 30.3 Å². The molecule has 8 heteroatoms. The Labute approximate surface area is 201 Å². The normalized spacial score (nSPS) is 18.5. The molecule has 1 amide bonds. The number of aliphatic hydroxyl groups is 1. The summed E-state index contributed by atoms with van der Waals surface area (Å²) in [6, 6.07) is 17.8. The van der Waals surface area contributed by atoms with Crippen LogP contribution < -0.4 is 14.2 Å². The maximum absolute atomic E-state index is 13.3. The molecule has 0 spiro atoms. The Morgan fingerprint density at radius 2 is 1.74 bits per heavy atom. The molecule has 0 radical (unpaired) electrons. The number of nitrogens with zero attached hydrogens (tertiary/aromatic N) is 1. The highest BCUT2D eigenvalue weighted by atomic mass is 16.6. The zero-order valence-corrected chi connectivity index (χ0v) is 18.9. The van der Waals surface area contributed by atoms with Crippen LogP contribution in [0.1, 0.15) is 22.7 Å². The Kier molecular flexibility index (Phi) is 5.78. The molecule has 8 nitrogen and oxygen atoms in total. The third-order valence-electron chi connectivity index (χ3n) is 6.07. The standard InChI is InChI=1S/C27H23NO7/c1-33-21-13-17(7-9-19(21)29)24-23(25(30)18-8-10-20-22(14-18)35-12-11-34-20)26(31)27(32)28(24)15-16-5-3-2-4-6-16/h2-10,13-14,24,29-30H,11-12,15H2,1H3/b25-23+/t24-/m1/s1. The molecule has 1 saturated heterocycles. The van der Waals surface area contributed by atoms with Gasteiger partial charge in [-0.3, -0.25) is 9.59 Å². The van der Waals surface area contributed by atoms with Gasteiger partial charge in [-0.1, -0.05) is 36.4 Å². The van der Waals surface area contributed by atoms with Crippen LogP contribution in [0, 0.1) is 0 Å². The lowest BCUT2D eigenvalue weighted by atomic mass is 9.94. The number of phenolic OH excluding ortho intramolecular Hbond substituents is 1. The molecule has 0 saturated carbocycles. The fraction of sp³-hybridized carbons (Fsp3) is 0.185. The van der Waals surface area contributed by atoms with Crippen LogP contribution in [0.4, 0.5) is 0 Å². The number of aliphatic hydroxyl groups excluding tert-OH is 1. The van der Waals surface area contributed by atoms with Crippen LogP contribution in [-0.4, -0.2) is 47.1 Å². The van der Waals surface area contributed by atoms with Crippen LogP contribution >= 0.6 is 0 Å². The number of carbonyl (C=O) groups is 2. The van der Waals surface area contributed by atoms with Crippen LogP contribution in [0.5, 0.6) is 23.0 Å². The molecule has 3 aromatic rings. The van der Waals surface area contributed by atoms with Gasteiger partial charge in [0.25, 0.3) is 11.7 Å². The Morgan fingerprint density at radius 3 is 2.49 bits per heavy atom. The number of aromatic hydroxyl groups is 1. The molecule has 2 aliphatic rings. The lowest BCUT2D eigenvalue weighted by Gasteiger charge is -2.26. The van der Waals surface area contributed by atoms with Crippen LogP contribution in [0.3, 0.4) is 0 Å². The van der Waals surface area contributed by atoms with Gasteiger partial charge in [0.1, 0.15) is 19.0 Å². The van der Waals surface area contributed by atoms with Crippen molar-refractivity contribution in [3.8, 4) is 23.0 Å². The molecule has 2 aliphatic heterocycles. The van der Waals surface area contributed by atoms with Crippen molar-refractivity contribution in [3.05, 3.63) is 89.0 Å². The Hall–Kier alpha value is -4.46. The Bertz CT molecular complexity index is 1330. The Morgan fingerprint density at radius 1 is 1.00 bits per heavy atom. The lowest BCUT2D eigenvalue weighted by molar-refractivity contribution is -0.140. The van der Waals surface area contributed by atoms with Crippen molar-refractivity contribution < 1.29 is 34.0 Å². The molecule has 2 N–H and O–H groups in total. The summed E-state index contributed by atoms with van der Waals surface area (Å²) in [4.78, 5) is 27.9. The number of ketones is 1. The van der Waals surface area contributed by atoms with Crippen molar-refractivity contribution in [2.24, 2.45) is 0 Å². The number of likely N-dealkylation sites (tertiary alicyclic amines) is 1. The van der Waals surface area contributed by atoms with Gasteiger partial charge in [0, 0.05) is 12.1 Å². The molecule has 2 heterocycles. The summed E-state index contributed by atoms with van der Waals surface area (Å²) in [5.41, 5.74) is 1.59. The quantitative estimate of drug-likeness (QED) is 0.330. The summed E-state index contributed by atoms with van der Waals surface area (Å²) in [6.07, 6.45) is 0. The number of benzene rings is 3. The average molecular weight is 473 g/mol. The number of rotatable bonds is 5. The first-order chi connectivity index (χ1) is 17.0. The first-order valence-electron chi connectivity index (χ1n) is 11.1. The second-order valence-corrected chi connectivity index (χ2v) is 8.20. The summed E-state index contributed by atoms with van der Waals surface area (Å²) < 4.78 is 16.4. The predicted octanol–water partition coefficient (Wildman–Crippen LogP) is 3.79. The van der Waals surface area contributed by atoms with Crippen molar-refractivity contribution in [2.75, 3.05) is 20.3 Å². The molecule has 0 unspecified atom stereocenters. The van der Waals surface area contributed by atoms with E-state index in [9.17, 15) is 19.8 Å². The van der Waals surface area contributed by atoms with E-state index in [1.165, 1.54) is 18.1 Å². The van der Waals surface area contributed by atoms with E-state index in [0.29, 0.717) is 35.8 Å². The van der Waals surface area contributed by atoms with Crippen molar-refractivity contribution >= 4 is 17.4 Å². The molecule has 3 aromatic carbocycles. The summed E-state index contributed by atoms with van der Waals surface area (Å²) in [6.45, 7) is 0.939. The minimum Gasteiger partial charge on any atom is -0.507 e. The highest BCUT2D eigenvalue weighted by Gasteiger charge is 2.46. The van der Waals surface area contributed by atoms with Crippen molar-refractivity contribution in [1.82, 2.24) is 4.90 Å². The zero-order valence-electron chi connectivity index (χ0n) is 18.9. The van der Waals surface area contributed by atoms with Gasteiger partial charge in [-0.05, 0) is 41.5 Å². The van der Waals surface area contributed by atoms with Gasteiger partial charge in [0.2, 0.25) is 0 Å². The predicted molar refractivity (Wildman–Crippen MR) is 126 cm³/mol. The molecule has 0 bridgehead atoms. The van der Waals surface area contributed by atoms with Crippen LogP contribution in [0.2, 0.25) is 0 Å². The summed E-state index contributed by atoms with van der Waals surface area (Å²) in [5, 5.41) is 21.4. The molecular weight excluding hydrogens is 450 g/mol. The fourth-order valence-electron chi connectivity index (χ4n) is 4.38. The molecule has 35 heavy (non-hydrogen) atoms. The second-order valence-electron chi connectivity index (χ2n) is 8.20. The number of ether oxygens (including phenoxy) is 3. The lowest BCUT2D eigenvalue weighted by Crippen LogP contribution is -2.29. The van der Waals surface area contributed by atoms with Crippen LogP contribution in [0.15, 0.2) is 72.3 Å². The maximum atomic E-state index is 13.3. The van der Waals surface area contributed by atoms with Gasteiger partial charge >= 0.3 is 0 Å². The number of Topliss-reactive ketones (excluding diaryl/α,β-unsaturated/α-hetero) is 1. The number of phenols is 1. The largest absolute Gasteiger partial charge is 0.507 e. The Balaban J connectivity index is 1.65. The van der Waals surface area contributed by atoms with E-state index in [2.05, 4.69) is 0 Å². The van der Waals surface area contributed by atoms with Crippen molar-refractivity contribution in [2.45, 2.75) is 12.6 Å². The first-order valence-corrected chi connectivity index (χ1v) is 11.1. The molecule has 1 fully saturated rings. The number of methoxy groups -OCH3 is 1. The SMILES string of the molecule is COc1cc([C@@H]2/C(=C(\O)c3ccc4c(c3)OCCO4)C(=O)C(=O)N2Cc2ccccc2)ccc1O. The number of hydrogen-bond acceptors (Lipinski definition) is 7. The number of carbonyl (C=O) groups excluding carboxylic acids is 2. The third-order valence-corrected chi connectivity index (χ3v) is 6.07. The molecule has 0 aliphatic carbocycles. The maximum Gasteiger partial charge on any atom is 0.295 e. The first kappa shape index (κ1) is 22.3. The van der Waals surface area contributed by atoms with Crippen LogP contribution in [-0.2, 0) is 16.1 Å². The summed E-state index contributed by atoms with van der Waals surface area (Å²) >= 11 is 0. The zero-order chi connectivity index (χ0) is 24.5. The molecule has 5 rings (SSSR count). The van der Waals surface area contributed by atoms with E-state index in [-0.39, 0.29) is 29.4 Å². The van der Waals surface area contributed by atoms with Crippen molar-refractivity contribution in [1.29, 1.82) is 0 Å². The molecular formula is C27H23NO7. The highest BCUT2D eigenvalue weighted by Crippen LogP contribution is 2.43. The van der Waals surface area contributed by atoms with E-state index >= 15 is 0 Å². The monoisotopic (exact) mass is 473 g/mol. The smallest absolute Gasteiger partial charge is 0.295 e.